The molecule has 4 rings (SSSR count). The van der Waals surface area contributed by atoms with E-state index in [0.29, 0.717) is 6.54 Å². The first kappa shape index (κ1) is 13.8. The van der Waals surface area contributed by atoms with E-state index in [-0.39, 0.29) is 11.8 Å². The van der Waals surface area contributed by atoms with E-state index >= 15 is 0 Å². The van der Waals surface area contributed by atoms with Crippen molar-refractivity contribution in [1.29, 1.82) is 0 Å². The van der Waals surface area contributed by atoms with Gasteiger partial charge in [0.05, 0.1) is 0 Å². The van der Waals surface area contributed by atoms with Gasteiger partial charge in [0.15, 0.2) is 0 Å². The van der Waals surface area contributed by atoms with Gasteiger partial charge in [0.25, 0.3) is 5.91 Å². The highest BCUT2D eigenvalue weighted by molar-refractivity contribution is 6.08. The molecule has 1 heterocycles. The van der Waals surface area contributed by atoms with Crippen molar-refractivity contribution in [3.63, 3.8) is 0 Å². The average Bonchev–Trinajstić information content (AvgIpc) is 2.64. The van der Waals surface area contributed by atoms with Crippen LogP contribution in [-0.2, 0) is 0 Å². The molecule has 112 valence electrons. The molecule has 0 spiro atoms. The summed E-state index contributed by atoms with van der Waals surface area (Å²) < 4.78 is 0. The highest BCUT2D eigenvalue weighted by atomic mass is 16.2. The van der Waals surface area contributed by atoms with Crippen LogP contribution in [0.3, 0.4) is 0 Å². The SMILES string of the molecule is O=C1c2ccccc2C(c2ccccc2)CN1c1ccccc1. The standard InChI is InChI=1S/C21H17NO/c23-21-19-14-8-7-13-18(19)20(16-9-3-1-4-10-16)15-22(21)17-11-5-2-6-12-17/h1-14,20H,15H2. The third kappa shape index (κ3) is 2.42. The summed E-state index contributed by atoms with van der Waals surface area (Å²) in [5, 5.41) is 0. The molecule has 0 saturated heterocycles. The van der Waals surface area contributed by atoms with Crippen LogP contribution in [0.5, 0.6) is 0 Å². The Morgan fingerprint density at radius 1 is 0.739 bits per heavy atom. The van der Waals surface area contributed by atoms with Gasteiger partial charge in [0.1, 0.15) is 0 Å². The second kappa shape index (κ2) is 5.73. The van der Waals surface area contributed by atoms with E-state index in [1.807, 2.05) is 59.5 Å². The van der Waals surface area contributed by atoms with Crippen LogP contribution in [-0.4, -0.2) is 12.5 Å². The number of rotatable bonds is 2. The molecule has 0 radical (unpaired) electrons. The lowest BCUT2D eigenvalue weighted by Gasteiger charge is -2.34. The Morgan fingerprint density at radius 2 is 1.35 bits per heavy atom. The van der Waals surface area contributed by atoms with Crippen LogP contribution in [0.25, 0.3) is 0 Å². The number of para-hydroxylation sites is 1. The summed E-state index contributed by atoms with van der Waals surface area (Å²) in [5.74, 6) is 0.282. The van der Waals surface area contributed by atoms with Gasteiger partial charge < -0.3 is 4.90 Å². The van der Waals surface area contributed by atoms with Crippen molar-refractivity contribution in [2.24, 2.45) is 0 Å². The molecular weight excluding hydrogens is 282 g/mol. The fraction of sp³-hybridized carbons (Fsp3) is 0.0952. The smallest absolute Gasteiger partial charge is 0.258 e. The van der Waals surface area contributed by atoms with Gasteiger partial charge in [0, 0.05) is 23.7 Å². The lowest BCUT2D eigenvalue weighted by atomic mass is 9.84. The van der Waals surface area contributed by atoms with Crippen LogP contribution < -0.4 is 4.90 Å². The Labute approximate surface area is 136 Å². The van der Waals surface area contributed by atoms with Gasteiger partial charge in [-0.15, -0.1) is 0 Å². The zero-order valence-corrected chi connectivity index (χ0v) is 12.7. The summed E-state index contributed by atoms with van der Waals surface area (Å²) in [7, 11) is 0. The number of amides is 1. The molecule has 0 aromatic heterocycles. The minimum absolute atomic E-state index is 0.0824. The summed E-state index contributed by atoms with van der Waals surface area (Å²) >= 11 is 0. The van der Waals surface area contributed by atoms with Gasteiger partial charge >= 0.3 is 0 Å². The quantitative estimate of drug-likeness (QED) is 0.683. The monoisotopic (exact) mass is 299 g/mol. The molecule has 0 fully saturated rings. The third-order valence-corrected chi connectivity index (χ3v) is 4.45. The van der Waals surface area contributed by atoms with Crippen molar-refractivity contribution in [2.45, 2.75) is 5.92 Å². The van der Waals surface area contributed by atoms with Crippen molar-refractivity contribution in [1.82, 2.24) is 0 Å². The molecule has 2 heteroatoms. The topological polar surface area (TPSA) is 20.3 Å². The zero-order chi connectivity index (χ0) is 15.6. The first-order valence-corrected chi connectivity index (χ1v) is 7.85. The molecule has 1 atom stereocenters. The minimum Gasteiger partial charge on any atom is -0.307 e. The molecule has 23 heavy (non-hydrogen) atoms. The Hall–Kier alpha value is -2.87. The maximum atomic E-state index is 12.9. The summed E-state index contributed by atoms with van der Waals surface area (Å²) in [5.41, 5.74) is 4.12. The Bertz CT molecular complexity index is 827. The first-order valence-electron chi connectivity index (χ1n) is 7.85. The van der Waals surface area contributed by atoms with E-state index in [2.05, 4.69) is 30.3 Å². The maximum absolute atomic E-state index is 12.9. The van der Waals surface area contributed by atoms with Gasteiger partial charge in [0.2, 0.25) is 0 Å². The molecule has 1 unspecified atom stereocenters. The largest absolute Gasteiger partial charge is 0.307 e. The van der Waals surface area contributed by atoms with Gasteiger partial charge in [-0.3, -0.25) is 4.79 Å². The lowest BCUT2D eigenvalue weighted by Crippen LogP contribution is -2.40. The normalized spacial score (nSPS) is 17.0. The van der Waals surface area contributed by atoms with Crippen LogP contribution in [0.2, 0.25) is 0 Å². The predicted octanol–water partition coefficient (Wildman–Crippen LogP) is 4.48. The van der Waals surface area contributed by atoms with E-state index < -0.39 is 0 Å². The van der Waals surface area contributed by atoms with E-state index in [9.17, 15) is 4.79 Å². The molecule has 0 bridgehead atoms. The molecule has 0 saturated carbocycles. The van der Waals surface area contributed by atoms with Crippen molar-refractivity contribution >= 4 is 11.6 Å². The van der Waals surface area contributed by atoms with E-state index in [4.69, 9.17) is 0 Å². The van der Waals surface area contributed by atoms with Crippen molar-refractivity contribution < 1.29 is 4.79 Å². The fourth-order valence-electron chi connectivity index (χ4n) is 3.31. The molecule has 0 aliphatic carbocycles. The Morgan fingerprint density at radius 3 is 2.09 bits per heavy atom. The van der Waals surface area contributed by atoms with Crippen molar-refractivity contribution in [2.75, 3.05) is 11.4 Å². The summed E-state index contributed by atoms with van der Waals surface area (Å²) in [6.07, 6.45) is 0. The molecule has 3 aromatic carbocycles. The van der Waals surface area contributed by atoms with E-state index in [1.165, 1.54) is 5.56 Å². The first-order chi connectivity index (χ1) is 11.3. The summed E-state index contributed by atoms with van der Waals surface area (Å²) in [6.45, 7) is 0.671. The predicted molar refractivity (Wildman–Crippen MR) is 92.8 cm³/mol. The van der Waals surface area contributed by atoms with Gasteiger partial charge in [-0.2, -0.15) is 0 Å². The van der Waals surface area contributed by atoms with Crippen LogP contribution in [0.15, 0.2) is 84.9 Å². The molecular formula is C21H17NO. The minimum atomic E-state index is 0.0824. The fourth-order valence-corrected chi connectivity index (χ4v) is 3.31. The third-order valence-electron chi connectivity index (χ3n) is 4.45. The van der Waals surface area contributed by atoms with Crippen molar-refractivity contribution in [3.05, 3.63) is 102 Å². The molecule has 3 aromatic rings. The van der Waals surface area contributed by atoms with Crippen LogP contribution in [0.4, 0.5) is 5.69 Å². The lowest BCUT2D eigenvalue weighted by molar-refractivity contribution is 0.0978. The van der Waals surface area contributed by atoms with Gasteiger partial charge in [-0.1, -0.05) is 66.7 Å². The zero-order valence-electron chi connectivity index (χ0n) is 12.7. The molecule has 1 amide bonds. The number of hydrogen-bond acceptors (Lipinski definition) is 1. The summed E-state index contributed by atoms with van der Waals surface area (Å²) in [6, 6.07) is 28.3. The van der Waals surface area contributed by atoms with E-state index in [1.54, 1.807) is 0 Å². The number of nitrogens with zero attached hydrogens (tertiary/aromatic N) is 1. The molecule has 0 N–H and O–H groups in total. The van der Waals surface area contributed by atoms with Crippen molar-refractivity contribution in [3.8, 4) is 0 Å². The van der Waals surface area contributed by atoms with Gasteiger partial charge in [-0.25, -0.2) is 0 Å². The number of fused-ring (bicyclic) bond motifs is 1. The van der Waals surface area contributed by atoms with E-state index in [0.717, 1.165) is 16.8 Å². The van der Waals surface area contributed by atoms with Crippen LogP contribution in [0, 0.1) is 0 Å². The molecule has 2 nitrogen and oxygen atoms in total. The van der Waals surface area contributed by atoms with Gasteiger partial charge in [-0.05, 0) is 29.3 Å². The molecule has 1 aliphatic heterocycles. The number of hydrogen-bond donors (Lipinski definition) is 0. The highest BCUT2D eigenvalue weighted by Gasteiger charge is 2.32. The second-order valence-electron chi connectivity index (χ2n) is 5.80. The Kier molecular flexibility index (Phi) is 3.43. The maximum Gasteiger partial charge on any atom is 0.258 e. The summed E-state index contributed by atoms with van der Waals surface area (Å²) in [4.78, 5) is 14.8. The number of anilines is 1. The number of carbonyl (C=O) groups is 1. The number of benzene rings is 3. The second-order valence-corrected chi connectivity index (χ2v) is 5.80. The van der Waals surface area contributed by atoms with Crippen LogP contribution in [0.1, 0.15) is 27.4 Å². The molecule has 1 aliphatic rings. The van der Waals surface area contributed by atoms with Crippen LogP contribution >= 0.6 is 0 Å². The Balaban J connectivity index is 1.84. The highest BCUT2D eigenvalue weighted by Crippen LogP contribution is 2.35. The average molecular weight is 299 g/mol. The number of carbonyl (C=O) groups excluding carboxylic acids is 1.